The molecule has 0 unspecified atom stereocenters. The molecular formula is C14H23NO7. The minimum absolute atomic E-state index is 0.167. The van der Waals surface area contributed by atoms with E-state index in [4.69, 9.17) is 19.0 Å². The number of cyclic esters (lactones) is 1. The highest BCUT2D eigenvalue weighted by Gasteiger charge is 2.38. The van der Waals surface area contributed by atoms with E-state index in [0.717, 1.165) is 0 Å². The molecule has 1 aliphatic heterocycles. The fourth-order valence-corrected chi connectivity index (χ4v) is 1.47. The van der Waals surface area contributed by atoms with E-state index in [-0.39, 0.29) is 13.0 Å². The first-order valence-electron chi connectivity index (χ1n) is 6.98. The SMILES string of the molecule is CC(C)(C)OC(=O)N(O[C@H]1CCOC1=O)C(=O)OC(C)(C)C. The second-order valence-electron chi connectivity index (χ2n) is 6.81. The van der Waals surface area contributed by atoms with E-state index in [9.17, 15) is 14.4 Å². The second kappa shape index (κ2) is 6.51. The van der Waals surface area contributed by atoms with E-state index in [1.807, 2.05) is 0 Å². The molecule has 126 valence electrons. The van der Waals surface area contributed by atoms with Crippen molar-refractivity contribution >= 4 is 18.2 Å². The van der Waals surface area contributed by atoms with Crippen LogP contribution < -0.4 is 0 Å². The van der Waals surface area contributed by atoms with E-state index in [1.165, 1.54) is 0 Å². The van der Waals surface area contributed by atoms with Crippen LogP contribution in [-0.4, -0.2) is 47.1 Å². The number of carbonyl (C=O) groups excluding carboxylic acids is 3. The fraction of sp³-hybridized carbons (Fsp3) is 0.786. The van der Waals surface area contributed by atoms with Crippen molar-refractivity contribution in [1.29, 1.82) is 0 Å². The summed E-state index contributed by atoms with van der Waals surface area (Å²) in [6.45, 7) is 10.0. The summed E-state index contributed by atoms with van der Waals surface area (Å²) in [5.41, 5.74) is -1.67. The van der Waals surface area contributed by atoms with Crippen LogP contribution in [0.4, 0.5) is 9.59 Å². The molecule has 0 aliphatic carbocycles. The molecule has 0 bridgehead atoms. The molecule has 0 saturated carbocycles. The van der Waals surface area contributed by atoms with Crippen LogP contribution in [0.5, 0.6) is 0 Å². The highest BCUT2D eigenvalue weighted by atomic mass is 16.8. The molecule has 1 heterocycles. The van der Waals surface area contributed by atoms with Crippen LogP contribution in [0.25, 0.3) is 0 Å². The Labute approximate surface area is 129 Å². The van der Waals surface area contributed by atoms with Crippen molar-refractivity contribution in [2.24, 2.45) is 0 Å². The van der Waals surface area contributed by atoms with Crippen LogP contribution in [-0.2, 0) is 23.8 Å². The van der Waals surface area contributed by atoms with Crippen LogP contribution in [0, 0.1) is 0 Å². The van der Waals surface area contributed by atoms with Crippen LogP contribution >= 0.6 is 0 Å². The first-order chi connectivity index (χ1) is 9.89. The molecule has 1 rings (SSSR count). The summed E-state index contributed by atoms with van der Waals surface area (Å²) in [6.07, 6.45) is -2.91. The van der Waals surface area contributed by atoms with E-state index < -0.39 is 35.5 Å². The average molecular weight is 317 g/mol. The lowest BCUT2D eigenvalue weighted by molar-refractivity contribution is -0.181. The molecular weight excluding hydrogens is 294 g/mol. The molecule has 1 saturated heterocycles. The zero-order chi connectivity index (χ0) is 17.1. The van der Waals surface area contributed by atoms with Gasteiger partial charge in [-0.15, -0.1) is 0 Å². The summed E-state index contributed by atoms with van der Waals surface area (Å²) in [5.74, 6) is -0.642. The van der Waals surface area contributed by atoms with Gasteiger partial charge in [0.05, 0.1) is 6.61 Å². The van der Waals surface area contributed by atoms with E-state index in [0.29, 0.717) is 5.06 Å². The smallest absolute Gasteiger partial charge is 0.444 e. The third-order valence-corrected chi connectivity index (χ3v) is 2.24. The van der Waals surface area contributed by atoms with Gasteiger partial charge in [-0.05, 0) is 41.5 Å². The van der Waals surface area contributed by atoms with E-state index >= 15 is 0 Å². The minimum atomic E-state index is -1.05. The number of amides is 2. The average Bonchev–Trinajstić information content (AvgIpc) is 2.66. The first-order valence-corrected chi connectivity index (χ1v) is 6.98. The molecule has 22 heavy (non-hydrogen) atoms. The van der Waals surface area contributed by atoms with Gasteiger partial charge in [0.2, 0.25) is 0 Å². The quantitative estimate of drug-likeness (QED) is 0.438. The summed E-state index contributed by atoms with van der Waals surface area (Å²) >= 11 is 0. The maximum Gasteiger partial charge on any atom is 0.444 e. The molecule has 0 aromatic heterocycles. The van der Waals surface area contributed by atoms with Gasteiger partial charge in [-0.2, -0.15) is 0 Å². The summed E-state index contributed by atoms with van der Waals surface area (Å²) in [7, 11) is 0. The van der Waals surface area contributed by atoms with Gasteiger partial charge < -0.3 is 14.2 Å². The zero-order valence-corrected chi connectivity index (χ0v) is 13.8. The van der Waals surface area contributed by atoms with Gasteiger partial charge in [0.1, 0.15) is 11.2 Å². The molecule has 0 radical (unpaired) electrons. The summed E-state index contributed by atoms with van der Waals surface area (Å²) in [4.78, 5) is 40.8. The van der Waals surface area contributed by atoms with Gasteiger partial charge in [-0.25, -0.2) is 19.2 Å². The third kappa shape index (κ3) is 5.88. The largest absolute Gasteiger partial charge is 0.464 e. The lowest BCUT2D eigenvalue weighted by atomic mass is 10.2. The van der Waals surface area contributed by atoms with Crippen molar-refractivity contribution in [3.05, 3.63) is 0 Å². The van der Waals surface area contributed by atoms with Crippen molar-refractivity contribution < 1.29 is 33.4 Å². The van der Waals surface area contributed by atoms with Crippen molar-refractivity contribution in [3.8, 4) is 0 Å². The number of carbonyl (C=O) groups is 3. The van der Waals surface area contributed by atoms with Gasteiger partial charge in [-0.3, -0.25) is 0 Å². The Morgan fingerprint density at radius 3 is 1.82 bits per heavy atom. The number of nitrogens with zero attached hydrogens (tertiary/aromatic N) is 1. The molecule has 8 nitrogen and oxygen atoms in total. The molecule has 0 N–H and O–H groups in total. The fourth-order valence-electron chi connectivity index (χ4n) is 1.47. The Hall–Kier alpha value is -1.83. The Morgan fingerprint density at radius 1 is 1.05 bits per heavy atom. The minimum Gasteiger partial charge on any atom is -0.464 e. The maximum absolute atomic E-state index is 12.1. The number of hydrogen-bond acceptors (Lipinski definition) is 7. The predicted octanol–water partition coefficient (Wildman–Crippen LogP) is 2.41. The molecule has 8 heteroatoms. The highest BCUT2D eigenvalue weighted by molar-refractivity contribution is 5.87. The van der Waals surface area contributed by atoms with Crippen LogP contribution in [0.15, 0.2) is 0 Å². The number of rotatable bonds is 2. The summed E-state index contributed by atoms with van der Waals surface area (Å²) in [6, 6.07) is 0. The highest BCUT2D eigenvalue weighted by Crippen LogP contribution is 2.18. The van der Waals surface area contributed by atoms with Gasteiger partial charge >= 0.3 is 18.2 Å². The van der Waals surface area contributed by atoms with Crippen LogP contribution in [0.1, 0.15) is 48.0 Å². The number of esters is 1. The summed E-state index contributed by atoms with van der Waals surface area (Å²) in [5, 5.41) is 0.327. The van der Waals surface area contributed by atoms with Gasteiger partial charge in [0.25, 0.3) is 0 Å². The predicted molar refractivity (Wildman–Crippen MR) is 74.8 cm³/mol. The van der Waals surface area contributed by atoms with Crippen molar-refractivity contribution in [2.45, 2.75) is 65.3 Å². The number of imide groups is 1. The number of hydrogen-bond donors (Lipinski definition) is 0. The van der Waals surface area contributed by atoms with Gasteiger partial charge in [0, 0.05) is 6.42 Å². The Morgan fingerprint density at radius 2 is 1.50 bits per heavy atom. The van der Waals surface area contributed by atoms with E-state index in [1.54, 1.807) is 41.5 Å². The molecule has 1 aliphatic rings. The maximum atomic E-state index is 12.1. The van der Waals surface area contributed by atoms with Crippen molar-refractivity contribution in [3.63, 3.8) is 0 Å². The first kappa shape index (κ1) is 18.2. The summed E-state index contributed by atoms with van der Waals surface area (Å²) < 4.78 is 14.9. The Kier molecular flexibility index (Phi) is 5.39. The zero-order valence-electron chi connectivity index (χ0n) is 13.8. The topological polar surface area (TPSA) is 91.4 Å². The lowest BCUT2D eigenvalue weighted by Crippen LogP contribution is -2.46. The molecule has 0 aromatic carbocycles. The monoisotopic (exact) mass is 317 g/mol. The molecule has 2 amide bonds. The normalized spacial score (nSPS) is 18.6. The standard InChI is InChI=1S/C14H23NO7/c1-13(2,3)20-11(17)15(12(18)21-14(4,5)6)22-9-7-8-19-10(9)16/h9H,7-8H2,1-6H3/t9-/m0/s1. The lowest BCUT2D eigenvalue weighted by Gasteiger charge is -2.28. The van der Waals surface area contributed by atoms with Crippen molar-refractivity contribution in [1.82, 2.24) is 5.06 Å². The van der Waals surface area contributed by atoms with Crippen LogP contribution in [0.3, 0.4) is 0 Å². The third-order valence-electron chi connectivity index (χ3n) is 2.24. The van der Waals surface area contributed by atoms with Crippen LogP contribution in [0.2, 0.25) is 0 Å². The Bertz CT molecular complexity index is 419. The Balaban J connectivity index is 2.86. The molecule has 1 fully saturated rings. The molecule has 0 aromatic rings. The van der Waals surface area contributed by atoms with Crippen molar-refractivity contribution in [2.75, 3.05) is 6.61 Å². The van der Waals surface area contributed by atoms with Gasteiger partial charge in [-0.1, -0.05) is 5.06 Å². The molecule has 0 spiro atoms. The van der Waals surface area contributed by atoms with E-state index in [2.05, 4.69) is 0 Å². The second-order valence-corrected chi connectivity index (χ2v) is 6.81. The van der Waals surface area contributed by atoms with Gasteiger partial charge in [0.15, 0.2) is 6.10 Å². The molecule has 1 atom stereocenters. The number of hydroxylamine groups is 2. The number of ether oxygens (including phenoxy) is 3.